The number of aliphatic imine (C=N–C) groups is 1. The molecule has 0 unspecified atom stereocenters. The predicted molar refractivity (Wildman–Crippen MR) is 107 cm³/mol. The zero-order valence-corrected chi connectivity index (χ0v) is 17.2. The van der Waals surface area contributed by atoms with E-state index in [9.17, 15) is 0 Å². The molecule has 3 nitrogen and oxygen atoms in total. The fourth-order valence-corrected chi connectivity index (χ4v) is 4.01. The van der Waals surface area contributed by atoms with Crippen molar-refractivity contribution in [3.8, 4) is 0 Å². The molecule has 0 atom stereocenters. The number of halogens is 1. The molecule has 1 N–H and O–H groups in total. The van der Waals surface area contributed by atoms with Gasteiger partial charge in [-0.3, -0.25) is 4.99 Å². The molecule has 0 saturated carbocycles. The topological polar surface area (TPSA) is 37.5 Å². The van der Waals surface area contributed by atoms with Gasteiger partial charge in [-0.1, -0.05) is 26.3 Å². The standard InChI is InChI=1S/C19H25BrN2OS/c1-5-7-10-17(20)22-19(21-12-15-9-8-11-23-15)18-14(4)13(3)16(6-2)24-18/h8-11H,5-7,12H2,1-4H3,(H,21,22)/b17-10+. The van der Waals surface area contributed by atoms with Gasteiger partial charge in [-0.2, -0.15) is 0 Å². The van der Waals surface area contributed by atoms with E-state index in [0.29, 0.717) is 6.54 Å². The van der Waals surface area contributed by atoms with Crippen LogP contribution >= 0.6 is 27.3 Å². The highest BCUT2D eigenvalue weighted by molar-refractivity contribution is 9.11. The van der Waals surface area contributed by atoms with E-state index in [-0.39, 0.29) is 0 Å². The van der Waals surface area contributed by atoms with Crippen LogP contribution in [0.4, 0.5) is 0 Å². The Bertz CT molecular complexity index is 714. The molecule has 0 amide bonds. The van der Waals surface area contributed by atoms with E-state index >= 15 is 0 Å². The lowest BCUT2D eigenvalue weighted by atomic mass is 10.1. The highest BCUT2D eigenvalue weighted by atomic mass is 79.9. The minimum Gasteiger partial charge on any atom is -0.467 e. The van der Waals surface area contributed by atoms with E-state index in [4.69, 9.17) is 9.41 Å². The quantitative estimate of drug-likeness (QED) is 0.341. The van der Waals surface area contributed by atoms with Gasteiger partial charge in [0.25, 0.3) is 0 Å². The molecule has 0 aromatic carbocycles. The molecule has 5 heteroatoms. The van der Waals surface area contributed by atoms with E-state index in [2.05, 4.69) is 55.0 Å². The average Bonchev–Trinajstić information content (AvgIpc) is 3.19. The van der Waals surface area contributed by atoms with Crippen LogP contribution in [0.5, 0.6) is 0 Å². The lowest BCUT2D eigenvalue weighted by Gasteiger charge is -2.09. The van der Waals surface area contributed by atoms with Gasteiger partial charge in [0.15, 0.2) is 0 Å². The van der Waals surface area contributed by atoms with Gasteiger partial charge in [-0.15, -0.1) is 11.3 Å². The van der Waals surface area contributed by atoms with Gasteiger partial charge in [0, 0.05) is 4.88 Å². The second-order valence-electron chi connectivity index (χ2n) is 5.67. The normalized spacial score (nSPS) is 12.7. The van der Waals surface area contributed by atoms with Gasteiger partial charge >= 0.3 is 0 Å². The van der Waals surface area contributed by atoms with Crippen LogP contribution in [0.15, 0.2) is 38.5 Å². The van der Waals surface area contributed by atoms with Crippen LogP contribution in [0, 0.1) is 13.8 Å². The molecule has 0 bridgehead atoms. The molecule has 0 aliphatic carbocycles. The molecule has 0 aliphatic heterocycles. The van der Waals surface area contributed by atoms with Crippen molar-refractivity contribution < 1.29 is 4.42 Å². The fourth-order valence-electron chi connectivity index (χ4n) is 2.38. The van der Waals surface area contributed by atoms with Crippen molar-refractivity contribution in [3.63, 3.8) is 0 Å². The van der Waals surface area contributed by atoms with Gasteiger partial charge in [0.2, 0.25) is 0 Å². The van der Waals surface area contributed by atoms with Crippen molar-refractivity contribution in [3.05, 3.63) is 55.7 Å². The van der Waals surface area contributed by atoms with E-state index in [1.54, 1.807) is 6.26 Å². The SMILES string of the molecule is CCC/C=C(\Br)NC(=NCc1ccco1)c1sc(CC)c(C)c1C. The summed E-state index contributed by atoms with van der Waals surface area (Å²) < 4.78 is 6.38. The van der Waals surface area contributed by atoms with Crippen molar-refractivity contribution >= 4 is 33.1 Å². The molecule has 2 aromatic heterocycles. The van der Waals surface area contributed by atoms with Gasteiger partial charge in [-0.05, 0) is 65.9 Å². The number of allylic oxidation sites excluding steroid dienone is 1. The van der Waals surface area contributed by atoms with Gasteiger partial charge in [0.05, 0.1) is 22.3 Å². The molecule has 2 aromatic rings. The lowest BCUT2D eigenvalue weighted by Crippen LogP contribution is -2.21. The summed E-state index contributed by atoms with van der Waals surface area (Å²) in [5.74, 6) is 1.76. The molecule has 0 saturated heterocycles. The third-order valence-corrected chi connectivity index (χ3v) is 5.97. The van der Waals surface area contributed by atoms with Crippen LogP contribution in [0.1, 0.15) is 53.3 Å². The number of nitrogens with one attached hydrogen (secondary N) is 1. The van der Waals surface area contributed by atoms with Gasteiger partial charge in [-0.25, -0.2) is 0 Å². The maximum Gasteiger partial charge on any atom is 0.144 e. The van der Waals surface area contributed by atoms with Crippen LogP contribution in [0.3, 0.4) is 0 Å². The van der Waals surface area contributed by atoms with E-state index in [1.807, 2.05) is 23.5 Å². The lowest BCUT2D eigenvalue weighted by molar-refractivity contribution is 0.512. The average molecular weight is 409 g/mol. The summed E-state index contributed by atoms with van der Waals surface area (Å²) >= 11 is 5.44. The minimum absolute atomic E-state index is 0.529. The Balaban J connectivity index is 2.33. The van der Waals surface area contributed by atoms with Crippen molar-refractivity contribution in [2.45, 2.75) is 53.5 Å². The molecule has 130 valence electrons. The number of nitrogens with zero attached hydrogens (tertiary/aromatic N) is 1. The van der Waals surface area contributed by atoms with Crippen LogP contribution in [0.2, 0.25) is 0 Å². The summed E-state index contributed by atoms with van der Waals surface area (Å²) in [6.07, 6.45) is 7.04. The van der Waals surface area contributed by atoms with E-state index < -0.39 is 0 Å². The predicted octanol–water partition coefficient (Wildman–Crippen LogP) is 6.09. The smallest absolute Gasteiger partial charge is 0.144 e. The monoisotopic (exact) mass is 408 g/mol. The third-order valence-electron chi connectivity index (χ3n) is 3.91. The number of thiophene rings is 1. The Morgan fingerprint density at radius 3 is 2.71 bits per heavy atom. The number of aryl methyl sites for hydroxylation is 1. The number of unbranched alkanes of at least 4 members (excludes halogenated alkanes) is 1. The Morgan fingerprint density at radius 2 is 2.12 bits per heavy atom. The first-order valence-corrected chi connectivity index (χ1v) is 9.96. The number of furan rings is 1. The Morgan fingerprint density at radius 1 is 1.33 bits per heavy atom. The second kappa shape index (κ2) is 9.23. The summed E-state index contributed by atoms with van der Waals surface area (Å²) in [5, 5.41) is 3.43. The van der Waals surface area contributed by atoms with Crippen LogP contribution in [0.25, 0.3) is 0 Å². The first-order chi connectivity index (χ1) is 11.6. The second-order valence-corrected chi connectivity index (χ2v) is 7.63. The highest BCUT2D eigenvalue weighted by Crippen LogP contribution is 2.28. The molecule has 0 aliphatic rings. The highest BCUT2D eigenvalue weighted by Gasteiger charge is 2.16. The zero-order valence-electron chi connectivity index (χ0n) is 14.8. The molecule has 0 spiro atoms. The largest absolute Gasteiger partial charge is 0.467 e. The number of hydrogen-bond acceptors (Lipinski definition) is 3. The molecular weight excluding hydrogens is 384 g/mol. The molecular formula is C19H25BrN2OS. The minimum atomic E-state index is 0.529. The number of rotatable bonds is 7. The maximum absolute atomic E-state index is 5.41. The van der Waals surface area contributed by atoms with Gasteiger partial charge in [0.1, 0.15) is 11.6 Å². The number of hydrogen-bond donors (Lipinski definition) is 1. The third kappa shape index (κ3) is 4.84. The summed E-state index contributed by atoms with van der Waals surface area (Å²) in [6, 6.07) is 3.85. The Hall–Kier alpha value is -1.33. The van der Waals surface area contributed by atoms with E-state index in [0.717, 1.165) is 35.5 Å². The fraction of sp³-hybridized carbons (Fsp3) is 0.421. The van der Waals surface area contributed by atoms with Crippen molar-refractivity contribution in [1.29, 1.82) is 0 Å². The zero-order chi connectivity index (χ0) is 17.5. The molecule has 24 heavy (non-hydrogen) atoms. The molecule has 0 fully saturated rings. The Labute approximate surface area is 157 Å². The summed E-state index contributed by atoms with van der Waals surface area (Å²) in [4.78, 5) is 7.41. The number of amidine groups is 1. The summed E-state index contributed by atoms with van der Waals surface area (Å²) in [6.45, 7) is 9.27. The van der Waals surface area contributed by atoms with Crippen LogP contribution < -0.4 is 5.32 Å². The van der Waals surface area contributed by atoms with Gasteiger partial charge < -0.3 is 9.73 Å². The molecule has 2 rings (SSSR count). The van der Waals surface area contributed by atoms with Crippen molar-refractivity contribution in [1.82, 2.24) is 5.32 Å². The van der Waals surface area contributed by atoms with Crippen molar-refractivity contribution in [2.75, 3.05) is 0 Å². The van der Waals surface area contributed by atoms with Crippen molar-refractivity contribution in [2.24, 2.45) is 4.99 Å². The first-order valence-electron chi connectivity index (χ1n) is 8.35. The van der Waals surface area contributed by atoms with Crippen LogP contribution in [-0.2, 0) is 13.0 Å². The summed E-state index contributed by atoms with van der Waals surface area (Å²) in [5.41, 5.74) is 2.68. The molecule has 0 radical (unpaired) electrons. The first kappa shape index (κ1) is 19.0. The molecule has 2 heterocycles. The van der Waals surface area contributed by atoms with E-state index in [1.165, 1.54) is 20.9 Å². The van der Waals surface area contributed by atoms with Crippen LogP contribution in [-0.4, -0.2) is 5.84 Å². The summed E-state index contributed by atoms with van der Waals surface area (Å²) in [7, 11) is 0. The maximum atomic E-state index is 5.41. The Kier molecular flexibility index (Phi) is 7.31.